The minimum atomic E-state index is -0.719. The van der Waals surface area contributed by atoms with E-state index in [4.69, 9.17) is 4.74 Å². The highest BCUT2D eigenvalue weighted by atomic mass is 19.1. The summed E-state index contributed by atoms with van der Waals surface area (Å²) >= 11 is 0. The van der Waals surface area contributed by atoms with E-state index in [2.05, 4.69) is 15.2 Å². The average Bonchev–Trinajstić information content (AvgIpc) is 2.74. The normalized spacial score (nSPS) is 10.7. The van der Waals surface area contributed by atoms with Crippen molar-refractivity contribution in [2.24, 2.45) is 0 Å². The number of rotatable bonds is 4. The first-order valence-electron chi connectivity index (χ1n) is 8.56. The highest BCUT2D eigenvalue weighted by molar-refractivity contribution is 5.93. The SMILES string of the molecule is COc1nnc(-c2ccc(F)cc2F)c(-c2ccccc2)c1-c1ccccn1. The Morgan fingerprint density at radius 2 is 1.61 bits per heavy atom. The zero-order valence-electron chi connectivity index (χ0n) is 14.9. The molecule has 0 saturated heterocycles. The third kappa shape index (κ3) is 3.20. The van der Waals surface area contributed by atoms with E-state index in [0.717, 1.165) is 11.6 Å². The van der Waals surface area contributed by atoms with Gasteiger partial charge < -0.3 is 4.74 Å². The predicted octanol–water partition coefficient (Wildman–Crippen LogP) is 5.16. The lowest BCUT2D eigenvalue weighted by Gasteiger charge is -2.16. The van der Waals surface area contributed by atoms with Crippen LogP contribution in [0.1, 0.15) is 0 Å². The van der Waals surface area contributed by atoms with Gasteiger partial charge in [0.15, 0.2) is 0 Å². The Hall–Kier alpha value is -3.67. The number of hydrogen-bond donors (Lipinski definition) is 0. The van der Waals surface area contributed by atoms with Crippen LogP contribution in [0.25, 0.3) is 33.6 Å². The standard InChI is InChI=1S/C22H15F2N3O/c1-28-22-20(18-9-5-6-12-25-18)19(14-7-3-2-4-8-14)21(26-27-22)16-11-10-15(23)13-17(16)24/h2-13H,1H3. The Bertz CT molecular complexity index is 1120. The molecule has 138 valence electrons. The number of hydrogen-bond acceptors (Lipinski definition) is 4. The Kier molecular flexibility index (Phi) is 4.76. The first-order chi connectivity index (χ1) is 13.7. The first kappa shape index (κ1) is 17.7. The number of ether oxygens (including phenoxy) is 1. The molecular weight excluding hydrogens is 360 g/mol. The molecule has 0 N–H and O–H groups in total. The van der Waals surface area contributed by atoms with E-state index in [0.29, 0.717) is 16.8 Å². The predicted molar refractivity (Wildman–Crippen MR) is 103 cm³/mol. The van der Waals surface area contributed by atoms with Crippen LogP contribution in [0.4, 0.5) is 8.78 Å². The van der Waals surface area contributed by atoms with Crippen LogP contribution in [0, 0.1) is 11.6 Å². The number of methoxy groups -OCH3 is 1. The van der Waals surface area contributed by atoms with Gasteiger partial charge in [-0.1, -0.05) is 36.4 Å². The monoisotopic (exact) mass is 375 g/mol. The van der Waals surface area contributed by atoms with Gasteiger partial charge in [-0.25, -0.2) is 8.78 Å². The second-order valence-electron chi connectivity index (χ2n) is 6.01. The molecule has 2 heterocycles. The molecule has 4 rings (SSSR count). The van der Waals surface area contributed by atoms with Gasteiger partial charge in [0.2, 0.25) is 5.88 Å². The first-order valence-corrected chi connectivity index (χ1v) is 8.56. The van der Waals surface area contributed by atoms with Crippen molar-refractivity contribution in [2.75, 3.05) is 7.11 Å². The van der Waals surface area contributed by atoms with E-state index in [-0.39, 0.29) is 17.1 Å². The second kappa shape index (κ2) is 7.52. The fraction of sp³-hybridized carbons (Fsp3) is 0.0455. The molecular formula is C22H15F2N3O. The smallest absolute Gasteiger partial charge is 0.243 e. The van der Waals surface area contributed by atoms with Crippen LogP contribution >= 0.6 is 0 Å². The molecule has 0 bridgehead atoms. The van der Waals surface area contributed by atoms with Crippen LogP contribution in [-0.2, 0) is 0 Å². The van der Waals surface area contributed by atoms with Crippen molar-refractivity contribution >= 4 is 0 Å². The van der Waals surface area contributed by atoms with Crippen LogP contribution in [-0.4, -0.2) is 22.3 Å². The van der Waals surface area contributed by atoms with Crippen molar-refractivity contribution in [3.05, 3.63) is 84.6 Å². The molecule has 0 saturated carbocycles. The molecule has 0 aliphatic heterocycles. The average molecular weight is 375 g/mol. The Balaban J connectivity index is 2.10. The maximum absolute atomic E-state index is 14.6. The van der Waals surface area contributed by atoms with Crippen molar-refractivity contribution in [1.82, 2.24) is 15.2 Å². The highest BCUT2D eigenvalue weighted by Crippen LogP contribution is 2.42. The lowest BCUT2D eigenvalue weighted by atomic mass is 9.93. The van der Waals surface area contributed by atoms with Crippen LogP contribution in [0.3, 0.4) is 0 Å². The van der Waals surface area contributed by atoms with Gasteiger partial charge in [-0.2, -0.15) is 0 Å². The van der Waals surface area contributed by atoms with Crippen LogP contribution in [0.2, 0.25) is 0 Å². The highest BCUT2D eigenvalue weighted by Gasteiger charge is 2.23. The molecule has 0 aliphatic carbocycles. The summed E-state index contributed by atoms with van der Waals surface area (Å²) in [6.45, 7) is 0. The van der Waals surface area contributed by atoms with E-state index in [1.54, 1.807) is 12.3 Å². The summed E-state index contributed by atoms with van der Waals surface area (Å²) in [5.41, 5.74) is 3.02. The lowest BCUT2D eigenvalue weighted by molar-refractivity contribution is 0.394. The number of nitrogens with zero attached hydrogens (tertiary/aromatic N) is 3. The number of pyridine rings is 1. The minimum Gasteiger partial charge on any atom is -0.479 e. The van der Waals surface area contributed by atoms with Gasteiger partial charge in [-0.15, -0.1) is 10.2 Å². The third-order valence-corrected chi connectivity index (χ3v) is 4.30. The molecule has 2 aromatic heterocycles. The third-order valence-electron chi connectivity index (χ3n) is 4.30. The number of benzene rings is 2. The van der Waals surface area contributed by atoms with E-state index in [1.807, 2.05) is 42.5 Å². The largest absolute Gasteiger partial charge is 0.479 e. The summed E-state index contributed by atoms with van der Waals surface area (Å²) in [6, 6.07) is 18.2. The summed E-state index contributed by atoms with van der Waals surface area (Å²) in [6.07, 6.45) is 1.65. The number of aromatic nitrogens is 3. The van der Waals surface area contributed by atoms with Gasteiger partial charge in [0.25, 0.3) is 0 Å². The number of halogens is 2. The molecule has 0 radical (unpaired) electrons. The second-order valence-corrected chi connectivity index (χ2v) is 6.01. The van der Waals surface area contributed by atoms with Gasteiger partial charge in [0.05, 0.1) is 18.4 Å². The topological polar surface area (TPSA) is 47.9 Å². The zero-order valence-corrected chi connectivity index (χ0v) is 14.9. The molecule has 4 nitrogen and oxygen atoms in total. The molecule has 0 spiro atoms. The van der Waals surface area contributed by atoms with Crippen molar-refractivity contribution in [3.8, 4) is 39.5 Å². The fourth-order valence-electron chi connectivity index (χ4n) is 3.07. The summed E-state index contributed by atoms with van der Waals surface area (Å²) in [4.78, 5) is 4.41. The maximum Gasteiger partial charge on any atom is 0.243 e. The van der Waals surface area contributed by atoms with Gasteiger partial charge >= 0.3 is 0 Å². The molecule has 2 aromatic carbocycles. The molecule has 0 amide bonds. The van der Waals surface area contributed by atoms with E-state index in [9.17, 15) is 8.78 Å². The zero-order chi connectivity index (χ0) is 19.5. The summed E-state index contributed by atoms with van der Waals surface area (Å²) in [7, 11) is 1.49. The van der Waals surface area contributed by atoms with Gasteiger partial charge in [0.1, 0.15) is 17.3 Å². The summed E-state index contributed by atoms with van der Waals surface area (Å²) in [5, 5.41) is 8.33. The lowest BCUT2D eigenvalue weighted by Crippen LogP contribution is -2.03. The van der Waals surface area contributed by atoms with Gasteiger partial charge in [-0.3, -0.25) is 4.98 Å². The molecule has 4 aromatic rings. The summed E-state index contributed by atoms with van der Waals surface area (Å²) in [5.74, 6) is -1.11. The van der Waals surface area contributed by atoms with Crippen LogP contribution < -0.4 is 4.74 Å². The molecule has 0 unspecified atom stereocenters. The minimum absolute atomic E-state index is 0.146. The Labute approximate surface area is 160 Å². The van der Waals surface area contributed by atoms with Gasteiger partial charge in [0, 0.05) is 23.4 Å². The molecule has 0 fully saturated rings. The fourth-order valence-corrected chi connectivity index (χ4v) is 3.07. The van der Waals surface area contributed by atoms with Crippen molar-refractivity contribution in [2.45, 2.75) is 0 Å². The Morgan fingerprint density at radius 1 is 0.821 bits per heavy atom. The van der Waals surface area contributed by atoms with Crippen molar-refractivity contribution < 1.29 is 13.5 Å². The molecule has 0 atom stereocenters. The van der Waals surface area contributed by atoms with Crippen LogP contribution in [0.15, 0.2) is 72.9 Å². The Morgan fingerprint density at radius 3 is 2.29 bits per heavy atom. The van der Waals surface area contributed by atoms with E-state index in [1.165, 1.54) is 19.2 Å². The quantitative estimate of drug-likeness (QED) is 0.494. The van der Waals surface area contributed by atoms with E-state index >= 15 is 0 Å². The summed E-state index contributed by atoms with van der Waals surface area (Å²) < 4.78 is 33.5. The molecule has 6 heteroatoms. The van der Waals surface area contributed by atoms with Crippen LogP contribution in [0.5, 0.6) is 5.88 Å². The van der Waals surface area contributed by atoms with Crippen molar-refractivity contribution in [1.29, 1.82) is 0 Å². The molecule has 28 heavy (non-hydrogen) atoms. The maximum atomic E-state index is 14.6. The van der Waals surface area contributed by atoms with E-state index < -0.39 is 11.6 Å². The van der Waals surface area contributed by atoms with Crippen molar-refractivity contribution in [3.63, 3.8) is 0 Å². The molecule has 0 aliphatic rings. The van der Waals surface area contributed by atoms with Gasteiger partial charge in [-0.05, 0) is 29.8 Å².